The van der Waals surface area contributed by atoms with E-state index in [1.807, 2.05) is 6.20 Å². The highest BCUT2D eigenvalue weighted by Gasteiger charge is 1.96. The Morgan fingerprint density at radius 2 is 1.92 bits per heavy atom. The first-order valence-corrected chi connectivity index (χ1v) is 3.93. The second kappa shape index (κ2) is 2.81. The summed E-state index contributed by atoms with van der Waals surface area (Å²) in [5.41, 5.74) is 2.40. The van der Waals surface area contributed by atoms with Crippen LogP contribution in [0.2, 0.25) is 0 Å². The summed E-state index contributed by atoms with van der Waals surface area (Å²) in [6, 6.07) is 8.29. The molecule has 2 aromatic rings. The molecule has 60 valence electrons. The zero-order valence-corrected chi connectivity index (χ0v) is 6.91. The van der Waals surface area contributed by atoms with E-state index in [2.05, 4.69) is 41.2 Å². The van der Waals surface area contributed by atoms with Crippen LogP contribution in [0.4, 0.5) is 0 Å². The summed E-state index contributed by atoms with van der Waals surface area (Å²) in [5.74, 6) is 0.926. The molecule has 0 unspecified atom stereocenters. The third-order valence-electron chi connectivity index (χ3n) is 1.82. The van der Waals surface area contributed by atoms with Crippen molar-refractivity contribution in [3.8, 4) is 11.4 Å². The molecule has 0 saturated carbocycles. The van der Waals surface area contributed by atoms with Crippen molar-refractivity contribution in [3.63, 3.8) is 0 Å². The number of rotatable bonds is 1. The van der Waals surface area contributed by atoms with E-state index >= 15 is 0 Å². The Morgan fingerprint density at radius 3 is 2.50 bits per heavy atom. The highest BCUT2D eigenvalue weighted by molar-refractivity contribution is 5.54. The molecular weight excluding hydrogens is 148 g/mol. The highest BCUT2D eigenvalue weighted by Crippen LogP contribution is 2.14. The molecule has 2 nitrogen and oxygen atoms in total. The number of hydrogen-bond donors (Lipinski definition) is 1. The quantitative estimate of drug-likeness (QED) is 0.678. The van der Waals surface area contributed by atoms with Crippen LogP contribution in [0.25, 0.3) is 11.4 Å². The minimum absolute atomic E-state index is 0.926. The lowest BCUT2D eigenvalue weighted by molar-refractivity contribution is 1.30. The van der Waals surface area contributed by atoms with E-state index < -0.39 is 0 Å². The molecule has 1 aromatic heterocycles. The van der Waals surface area contributed by atoms with Gasteiger partial charge in [-0.1, -0.05) is 29.8 Å². The highest BCUT2D eigenvalue weighted by atomic mass is 14.9. The minimum Gasteiger partial charge on any atom is -0.345 e. The molecule has 1 aromatic carbocycles. The van der Waals surface area contributed by atoms with Gasteiger partial charge in [0.15, 0.2) is 0 Å². The third-order valence-corrected chi connectivity index (χ3v) is 1.82. The zero-order valence-electron chi connectivity index (χ0n) is 6.91. The van der Waals surface area contributed by atoms with Gasteiger partial charge in [0.05, 0.1) is 0 Å². The van der Waals surface area contributed by atoms with Crippen molar-refractivity contribution >= 4 is 0 Å². The van der Waals surface area contributed by atoms with Crippen LogP contribution in [-0.4, -0.2) is 9.97 Å². The van der Waals surface area contributed by atoms with Crippen LogP contribution >= 0.6 is 0 Å². The molecule has 0 aliphatic heterocycles. The fourth-order valence-electron chi connectivity index (χ4n) is 1.13. The Morgan fingerprint density at radius 1 is 1.17 bits per heavy atom. The Hall–Kier alpha value is -1.57. The first kappa shape index (κ1) is 7.10. The molecular formula is C10H10N2. The first-order valence-electron chi connectivity index (χ1n) is 3.93. The van der Waals surface area contributed by atoms with Gasteiger partial charge in [-0.15, -0.1) is 0 Å². The second-order valence-electron chi connectivity index (χ2n) is 2.80. The van der Waals surface area contributed by atoms with Crippen LogP contribution in [0.5, 0.6) is 0 Å². The topological polar surface area (TPSA) is 28.7 Å². The molecule has 1 heterocycles. The normalized spacial score (nSPS) is 10.1. The number of hydrogen-bond acceptors (Lipinski definition) is 1. The zero-order chi connectivity index (χ0) is 8.39. The second-order valence-corrected chi connectivity index (χ2v) is 2.80. The van der Waals surface area contributed by atoms with Crippen molar-refractivity contribution < 1.29 is 0 Å². The van der Waals surface area contributed by atoms with Crippen LogP contribution in [0.3, 0.4) is 0 Å². The predicted octanol–water partition coefficient (Wildman–Crippen LogP) is 2.39. The van der Waals surface area contributed by atoms with Crippen LogP contribution in [0, 0.1) is 6.92 Å². The van der Waals surface area contributed by atoms with Gasteiger partial charge in [-0.25, -0.2) is 4.98 Å². The average molecular weight is 158 g/mol. The molecule has 0 bridgehead atoms. The minimum atomic E-state index is 0.926. The maximum Gasteiger partial charge on any atom is 0.137 e. The van der Waals surface area contributed by atoms with Crippen molar-refractivity contribution in [1.29, 1.82) is 0 Å². The lowest BCUT2D eigenvalue weighted by atomic mass is 10.1. The molecule has 12 heavy (non-hydrogen) atoms. The van der Waals surface area contributed by atoms with Crippen LogP contribution < -0.4 is 0 Å². The molecule has 2 rings (SSSR count). The predicted molar refractivity (Wildman–Crippen MR) is 48.8 cm³/mol. The fraction of sp³-hybridized carbons (Fsp3) is 0.100. The molecule has 0 spiro atoms. The number of aromatic amines is 1. The average Bonchev–Trinajstić information content (AvgIpc) is 2.58. The van der Waals surface area contributed by atoms with Crippen molar-refractivity contribution in [3.05, 3.63) is 42.2 Å². The third kappa shape index (κ3) is 1.23. The first-order chi connectivity index (χ1) is 5.86. The summed E-state index contributed by atoms with van der Waals surface area (Å²) < 4.78 is 0. The number of nitrogens with zero attached hydrogens (tertiary/aromatic N) is 1. The van der Waals surface area contributed by atoms with Crippen molar-refractivity contribution in [2.45, 2.75) is 6.92 Å². The van der Waals surface area contributed by atoms with Crippen LogP contribution in [0.15, 0.2) is 36.7 Å². The van der Waals surface area contributed by atoms with E-state index in [-0.39, 0.29) is 0 Å². The standard InChI is InChI=1S/C10H10N2/c1-8-2-4-9(5-3-8)10-11-6-7-12-10/h2-7H,1H3,(H,11,12). The van der Waals surface area contributed by atoms with Gasteiger partial charge in [0.25, 0.3) is 0 Å². The molecule has 0 atom stereocenters. The lowest BCUT2D eigenvalue weighted by Gasteiger charge is -1.96. The van der Waals surface area contributed by atoms with Gasteiger partial charge < -0.3 is 4.98 Å². The summed E-state index contributed by atoms with van der Waals surface area (Å²) in [6.07, 6.45) is 3.59. The Kier molecular flexibility index (Phi) is 1.67. The van der Waals surface area contributed by atoms with E-state index in [1.54, 1.807) is 6.20 Å². The summed E-state index contributed by atoms with van der Waals surface area (Å²) in [5, 5.41) is 0. The summed E-state index contributed by atoms with van der Waals surface area (Å²) >= 11 is 0. The number of nitrogens with one attached hydrogen (secondary N) is 1. The van der Waals surface area contributed by atoms with Gasteiger partial charge in [-0.2, -0.15) is 0 Å². The molecule has 0 aliphatic rings. The van der Waals surface area contributed by atoms with E-state index in [1.165, 1.54) is 5.56 Å². The summed E-state index contributed by atoms with van der Waals surface area (Å²) in [4.78, 5) is 7.22. The Balaban J connectivity index is 2.43. The van der Waals surface area contributed by atoms with E-state index in [0.29, 0.717) is 0 Å². The number of aromatic nitrogens is 2. The molecule has 0 fully saturated rings. The van der Waals surface area contributed by atoms with E-state index in [4.69, 9.17) is 0 Å². The van der Waals surface area contributed by atoms with E-state index in [0.717, 1.165) is 11.4 Å². The Labute approximate surface area is 71.3 Å². The van der Waals surface area contributed by atoms with Gasteiger partial charge in [0.2, 0.25) is 0 Å². The van der Waals surface area contributed by atoms with Gasteiger partial charge in [0, 0.05) is 18.0 Å². The summed E-state index contributed by atoms with van der Waals surface area (Å²) in [6.45, 7) is 2.08. The number of H-pyrrole nitrogens is 1. The van der Waals surface area contributed by atoms with E-state index in [9.17, 15) is 0 Å². The number of benzene rings is 1. The number of aryl methyl sites for hydroxylation is 1. The monoisotopic (exact) mass is 158 g/mol. The summed E-state index contributed by atoms with van der Waals surface area (Å²) in [7, 11) is 0. The van der Waals surface area contributed by atoms with Gasteiger partial charge in [-0.3, -0.25) is 0 Å². The van der Waals surface area contributed by atoms with Crippen LogP contribution in [0.1, 0.15) is 5.56 Å². The largest absolute Gasteiger partial charge is 0.345 e. The Bertz CT molecular complexity index is 346. The molecule has 0 saturated heterocycles. The SMILES string of the molecule is Cc1ccc(-c2ncc[nH]2)cc1. The molecule has 0 aliphatic carbocycles. The molecule has 1 N–H and O–H groups in total. The molecule has 0 amide bonds. The van der Waals surface area contributed by atoms with Gasteiger partial charge in [0.1, 0.15) is 5.82 Å². The maximum atomic E-state index is 4.16. The smallest absolute Gasteiger partial charge is 0.137 e. The lowest BCUT2D eigenvalue weighted by Crippen LogP contribution is -1.79. The maximum absolute atomic E-state index is 4.16. The number of imidazole rings is 1. The van der Waals surface area contributed by atoms with Crippen molar-refractivity contribution in [2.75, 3.05) is 0 Å². The molecule has 0 radical (unpaired) electrons. The fourth-order valence-corrected chi connectivity index (χ4v) is 1.13. The van der Waals surface area contributed by atoms with Crippen molar-refractivity contribution in [2.24, 2.45) is 0 Å². The van der Waals surface area contributed by atoms with Gasteiger partial charge >= 0.3 is 0 Å². The van der Waals surface area contributed by atoms with Crippen LogP contribution in [-0.2, 0) is 0 Å². The van der Waals surface area contributed by atoms with Crippen molar-refractivity contribution in [1.82, 2.24) is 9.97 Å². The van der Waals surface area contributed by atoms with Gasteiger partial charge in [-0.05, 0) is 6.92 Å². The molecule has 2 heteroatoms.